The van der Waals surface area contributed by atoms with Gasteiger partial charge in [-0.1, -0.05) is 0 Å². The molecule has 0 atom stereocenters. The molecule has 5 nitrogen and oxygen atoms in total. The Bertz CT molecular complexity index is 449. The Morgan fingerprint density at radius 2 is 2.30 bits per heavy atom. The molecule has 1 amide bonds. The normalized spacial score (nSPS) is 13.4. The molecule has 5 heteroatoms. The number of rotatable bonds is 7. The number of hydrogen-bond acceptors (Lipinski definition) is 4. The molecule has 110 valence electrons. The predicted molar refractivity (Wildman–Crippen MR) is 78.1 cm³/mol. The summed E-state index contributed by atoms with van der Waals surface area (Å²) in [6.07, 6.45) is 2.89. The fraction of sp³-hybridized carbons (Fsp3) is 0.533. The first-order valence-corrected chi connectivity index (χ1v) is 7.15. The molecule has 1 aromatic carbocycles. The van der Waals surface area contributed by atoms with Crippen LogP contribution in [0.3, 0.4) is 0 Å². The van der Waals surface area contributed by atoms with E-state index >= 15 is 0 Å². The highest BCUT2D eigenvalue weighted by atomic mass is 16.5. The number of amides is 1. The van der Waals surface area contributed by atoms with Crippen LogP contribution in [0.1, 0.15) is 28.8 Å². The van der Waals surface area contributed by atoms with E-state index in [0.717, 1.165) is 31.5 Å². The first kappa shape index (κ1) is 14.8. The third-order valence-electron chi connectivity index (χ3n) is 3.29. The maximum atomic E-state index is 12.0. The number of carbonyl (C=O) groups excluding carboxylic acids is 1. The van der Waals surface area contributed by atoms with Crippen LogP contribution >= 0.6 is 0 Å². The van der Waals surface area contributed by atoms with E-state index in [1.807, 2.05) is 18.2 Å². The molecule has 0 saturated heterocycles. The highest BCUT2D eigenvalue weighted by Gasteiger charge is 2.11. The van der Waals surface area contributed by atoms with Crippen molar-refractivity contribution in [2.75, 3.05) is 38.2 Å². The van der Waals surface area contributed by atoms with Crippen LogP contribution in [0.2, 0.25) is 0 Å². The summed E-state index contributed by atoms with van der Waals surface area (Å²) in [4.78, 5) is 12.0. The number of fused-ring (bicyclic) bond motifs is 1. The third kappa shape index (κ3) is 4.21. The van der Waals surface area contributed by atoms with Gasteiger partial charge in [-0.3, -0.25) is 4.79 Å². The summed E-state index contributed by atoms with van der Waals surface area (Å²) in [6, 6.07) is 5.81. The molecule has 0 bridgehead atoms. The molecule has 1 heterocycles. The summed E-state index contributed by atoms with van der Waals surface area (Å²) < 4.78 is 5.14. The van der Waals surface area contributed by atoms with E-state index in [-0.39, 0.29) is 12.5 Å². The lowest BCUT2D eigenvalue weighted by Gasteiger charge is -2.18. The molecule has 0 saturated carbocycles. The number of aliphatic hydroxyl groups is 1. The first-order chi connectivity index (χ1) is 9.81. The molecule has 1 aliphatic rings. The highest BCUT2D eigenvalue weighted by molar-refractivity contribution is 5.94. The van der Waals surface area contributed by atoms with Crippen molar-refractivity contribution in [1.82, 2.24) is 5.32 Å². The molecule has 0 radical (unpaired) electrons. The largest absolute Gasteiger partial charge is 0.394 e. The summed E-state index contributed by atoms with van der Waals surface area (Å²) >= 11 is 0. The van der Waals surface area contributed by atoms with Gasteiger partial charge in [-0.25, -0.2) is 0 Å². The van der Waals surface area contributed by atoms with E-state index in [1.165, 1.54) is 5.56 Å². The lowest BCUT2D eigenvalue weighted by atomic mass is 10.0. The fourth-order valence-corrected chi connectivity index (χ4v) is 2.26. The molecule has 1 aliphatic heterocycles. The Morgan fingerprint density at radius 3 is 3.15 bits per heavy atom. The Kier molecular flexibility index (Phi) is 5.83. The highest BCUT2D eigenvalue weighted by Crippen LogP contribution is 2.22. The van der Waals surface area contributed by atoms with Gasteiger partial charge in [0.25, 0.3) is 5.91 Å². The van der Waals surface area contributed by atoms with E-state index < -0.39 is 0 Å². The topological polar surface area (TPSA) is 70.6 Å². The van der Waals surface area contributed by atoms with Gasteiger partial charge >= 0.3 is 0 Å². The average molecular weight is 278 g/mol. The quantitative estimate of drug-likeness (QED) is 0.655. The van der Waals surface area contributed by atoms with Crippen LogP contribution in [-0.2, 0) is 11.2 Å². The van der Waals surface area contributed by atoms with Crippen LogP contribution in [0.4, 0.5) is 5.69 Å². The van der Waals surface area contributed by atoms with E-state index in [0.29, 0.717) is 25.3 Å². The van der Waals surface area contributed by atoms with Crippen LogP contribution in [0.25, 0.3) is 0 Å². The van der Waals surface area contributed by atoms with Crippen molar-refractivity contribution in [3.63, 3.8) is 0 Å². The number of benzene rings is 1. The van der Waals surface area contributed by atoms with Gasteiger partial charge in [-0.15, -0.1) is 0 Å². The molecule has 1 aromatic rings. The number of aliphatic hydroxyl groups excluding tert-OH is 1. The number of ether oxygens (including phenoxy) is 1. The smallest absolute Gasteiger partial charge is 0.251 e. The number of hydrogen-bond donors (Lipinski definition) is 3. The van der Waals surface area contributed by atoms with E-state index in [9.17, 15) is 4.79 Å². The van der Waals surface area contributed by atoms with E-state index in [1.54, 1.807) is 0 Å². The van der Waals surface area contributed by atoms with Gasteiger partial charge in [-0.2, -0.15) is 0 Å². The van der Waals surface area contributed by atoms with Crippen LogP contribution in [0.15, 0.2) is 18.2 Å². The number of carbonyl (C=O) groups is 1. The summed E-state index contributed by atoms with van der Waals surface area (Å²) in [5.74, 6) is -0.0412. The van der Waals surface area contributed by atoms with Crippen molar-refractivity contribution in [3.8, 4) is 0 Å². The zero-order chi connectivity index (χ0) is 14.2. The van der Waals surface area contributed by atoms with Gasteiger partial charge in [-0.05, 0) is 43.0 Å². The first-order valence-electron chi connectivity index (χ1n) is 7.15. The molecule has 3 N–H and O–H groups in total. The minimum absolute atomic E-state index is 0.0372. The van der Waals surface area contributed by atoms with Gasteiger partial charge in [0.1, 0.15) is 0 Å². The van der Waals surface area contributed by atoms with Crippen LogP contribution < -0.4 is 10.6 Å². The summed E-state index contributed by atoms with van der Waals surface area (Å²) in [7, 11) is 0. The molecule has 0 aromatic heterocycles. The van der Waals surface area contributed by atoms with Crippen molar-refractivity contribution >= 4 is 11.6 Å². The molecule has 20 heavy (non-hydrogen) atoms. The number of nitrogens with one attached hydrogen (secondary N) is 2. The maximum Gasteiger partial charge on any atom is 0.251 e. The SMILES string of the molecule is O=C(NCCCOCCO)c1ccc2c(c1)CCCN2. The Balaban J connectivity index is 1.77. The molecule has 0 fully saturated rings. The average Bonchev–Trinajstić information content (AvgIpc) is 2.50. The summed E-state index contributed by atoms with van der Waals surface area (Å²) in [5, 5.41) is 14.8. The van der Waals surface area contributed by atoms with Gasteiger partial charge in [0.05, 0.1) is 13.2 Å². The molecule has 2 rings (SSSR count). The van der Waals surface area contributed by atoms with Crippen molar-refractivity contribution < 1.29 is 14.6 Å². The molecule has 0 aliphatic carbocycles. The number of aryl methyl sites for hydroxylation is 1. The predicted octanol–water partition coefficient (Wildman–Crippen LogP) is 1.17. The van der Waals surface area contributed by atoms with Crippen molar-refractivity contribution in [3.05, 3.63) is 29.3 Å². The third-order valence-corrected chi connectivity index (χ3v) is 3.29. The van der Waals surface area contributed by atoms with Crippen molar-refractivity contribution in [2.24, 2.45) is 0 Å². The number of anilines is 1. The molecular weight excluding hydrogens is 256 g/mol. The van der Waals surface area contributed by atoms with Crippen LogP contribution in [0, 0.1) is 0 Å². The summed E-state index contributed by atoms with van der Waals surface area (Å²) in [5.41, 5.74) is 3.07. The lowest BCUT2D eigenvalue weighted by molar-refractivity contribution is 0.0867. The van der Waals surface area contributed by atoms with Crippen LogP contribution in [-0.4, -0.2) is 43.9 Å². The monoisotopic (exact) mass is 278 g/mol. The Hall–Kier alpha value is -1.59. The minimum Gasteiger partial charge on any atom is -0.394 e. The minimum atomic E-state index is -0.0412. The van der Waals surface area contributed by atoms with Gasteiger partial charge in [0, 0.05) is 30.9 Å². The van der Waals surface area contributed by atoms with E-state index in [4.69, 9.17) is 9.84 Å². The molecule has 0 unspecified atom stereocenters. The maximum absolute atomic E-state index is 12.0. The zero-order valence-electron chi connectivity index (χ0n) is 11.7. The second kappa shape index (κ2) is 7.87. The second-order valence-corrected chi connectivity index (χ2v) is 4.85. The molecule has 0 spiro atoms. The van der Waals surface area contributed by atoms with Gasteiger partial charge < -0.3 is 20.5 Å². The van der Waals surface area contributed by atoms with Gasteiger partial charge in [0.2, 0.25) is 0 Å². The fourth-order valence-electron chi connectivity index (χ4n) is 2.26. The standard InChI is InChI=1S/C15H22N2O3/c18-8-10-20-9-2-7-17-15(19)13-4-5-14-12(11-13)3-1-6-16-14/h4-5,11,16,18H,1-3,6-10H2,(H,17,19). The lowest BCUT2D eigenvalue weighted by Crippen LogP contribution is -2.25. The van der Waals surface area contributed by atoms with Crippen molar-refractivity contribution in [1.29, 1.82) is 0 Å². The van der Waals surface area contributed by atoms with Gasteiger partial charge in [0.15, 0.2) is 0 Å². The Morgan fingerprint density at radius 1 is 1.40 bits per heavy atom. The van der Waals surface area contributed by atoms with Crippen molar-refractivity contribution in [2.45, 2.75) is 19.3 Å². The summed E-state index contributed by atoms with van der Waals surface area (Å²) in [6.45, 7) is 2.53. The van der Waals surface area contributed by atoms with Crippen LogP contribution in [0.5, 0.6) is 0 Å². The second-order valence-electron chi connectivity index (χ2n) is 4.85. The zero-order valence-corrected chi connectivity index (χ0v) is 11.7. The Labute approximate surface area is 119 Å². The van der Waals surface area contributed by atoms with E-state index in [2.05, 4.69) is 10.6 Å². The molecular formula is C15H22N2O3.